The van der Waals surface area contributed by atoms with Crippen LogP contribution in [0, 0.1) is 5.41 Å². The fraction of sp³-hybridized carbons (Fsp3) is 0.600. The van der Waals surface area contributed by atoms with Gasteiger partial charge in [-0.3, -0.25) is 0 Å². The van der Waals surface area contributed by atoms with E-state index >= 15 is 0 Å². The minimum absolute atomic E-state index is 0.334. The van der Waals surface area contributed by atoms with Crippen LogP contribution in [-0.2, 0) is 6.54 Å². The molecule has 1 saturated carbocycles. The van der Waals surface area contributed by atoms with E-state index in [4.69, 9.17) is 16.3 Å². The van der Waals surface area contributed by atoms with Gasteiger partial charge in [-0.05, 0) is 36.0 Å². The first kappa shape index (κ1) is 13.7. The topological polar surface area (TPSA) is 21.3 Å². The highest BCUT2D eigenvalue weighted by Gasteiger charge is 2.32. The third kappa shape index (κ3) is 3.39. The van der Waals surface area contributed by atoms with Gasteiger partial charge in [0.05, 0.1) is 7.11 Å². The van der Waals surface area contributed by atoms with E-state index in [0.29, 0.717) is 5.41 Å². The lowest BCUT2D eigenvalue weighted by molar-refractivity contribution is 0.320. The number of nitrogens with one attached hydrogen (secondary N) is 1. The van der Waals surface area contributed by atoms with Crippen LogP contribution >= 0.6 is 11.6 Å². The Bertz CT molecular complexity index is 375. The van der Waals surface area contributed by atoms with Crippen LogP contribution in [0.25, 0.3) is 0 Å². The second kappa shape index (κ2) is 6.44. The number of alkyl halides is 1. The van der Waals surface area contributed by atoms with Crippen LogP contribution in [0.1, 0.15) is 31.2 Å². The van der Waals surface area contributed by atoms with Gasteiger partial charge in [-0.2, -0.15) is 0 Å². The zero-order chi connectivity index (χ0) is 12.8. The summed E-state index contributed by atoms with van der Waals surface area (Å²) in [5.41, 5.74) is 1.59. The molecule has 2 rings (SSSR count). The highest BCUT2D eigenvalue weighted by Crippen LogP contribution is 2.38. The Labute approximate surface area is 115 Å². The van der Waals surface area contributed by atoms with Crippen LogP contribution < -0.4 is 10.1 Å². The molecule has 3 heteroatoms. The van der Waals surface area contributed by atoms with E-state index in [-0.39, 0.29) is 0 Å². The second-order valence-electron chi connectivity index (χ2n) is 5.30. The summed E-state index contributed by atoms with van der Waals surface area (Å²) in [5, 5.41) is 3.55. The number of hydrogen-bond donors (Lipinski definition) is 1. The van der Waals surface area contributed by atoms with Gasteiger partial charge in [0.2, 0.25) is 0 Å². The largest absolute Gasteiger partial charge is 0.497 e. The van der Waals surface area contributed by atoms with E-state index < -0.39 is 0 Å². The molecule has 0 amide bonds. The van der Waals surface area contributed by atoms with Crippen molar-refractivity contribution in [3.8, 4) is 5.75 Å². The van der Waals surface area contributed by atoms with Gasteiger partial charge < -0.3 is 10.1 Å². The number of rotatable bonds is 6. The molecular formula is C15H22ClNO. The summed E-state index contributed by atoms with van der Waals surface area (Å²) in [6.07, 6.45) is 5.18. The maximum atomic E-state index is 6.13. The molecule has 0 unspecified atom stereocenters. The minimum Gasteiger partial charge on any atom is -0.497 e. The Balaban J connectivity index is 1.84. The molecule has 0 radical (unpaired) electrons. The number of hydrogen-bond acceptors (Lipinski definition) is 2. The fourth-order valence-corrected chi connectivity index (χ4v) is 3.10. The third-order valence-corrected chi connectivity index (χ3v) is 4.48. The summed E-state index contributed by atoms with van der Waals surface area (Å²) in [6, 6.07) is 8.20. The summed E-state index contributed by atoms with van der Waals surface area (Å²) < 4.78 is 5.23. The van der Waals surface area contributed by atoms with E-state index in [2.05, 4.69) is 17.4 Å². The normalized spacial score (nSPS) is 17.9. The van der Waals surface area contributed by atoms with Gasteiger partial charge in [0, 0.05) is 19.0 Å². The van der Waals surface area contributed by atoms with Crippen molar-refractivity contribution in [2.45, 2.75) is 32.2 Å². The van der Waals surface area contributed by atoms with E-state index in [1.165, 1.54) is 31.2 Å². The summed E-state index contributed by atoms with van der Waals surface area (Å²) in [4.78, 5) is 0. The standard InChI is InChI=1S/C15H22ClNO/c1-18-14-6-4-5-13(9-14)10-17-12-15(11-16)7-2-3-8-15/h4-6,9,17H,2-3,7-8,10-12H2,1H3. The van der Waals surface area contributed by atoms with Crippen molar-refractivity contribution in [2.24, 2.45) is 5.41 Å². The molecular weight excluding hydrogens is 246 g/mol. The zero-order valence-electron chi connectivity index (χ0n) is 11.0. The average Bonchev–Trinajstić information content (AvgIpc) is 2.88. The lowest BCUT2D eigenvalue weighted by atomic mass is 9.88. The van der Waals surface area contributed by atoms with E-state index in [9.17, 15) is 0 Å². The van der Waals surface area contributed by atoms with Crippen LogP contribution in [0.3, 0.4) is 0 Å². The highest BCUT2D eigenvalue weighted by atomic mass is 35.5. The second-order valence-corrected chi connectivity index (χ2v) is 5.56. The van der Waals surface area contributed by atoms with Crippen molar-refractivity contribution in [2.75, 3.05) is 19.5 Å². The molecule has 18 heavy (non-hydrogen) atoms. The van der Waals surface area contributed by atoms with Crippen molar-refractivity contribution in [1.29, 1.82) is 0 Å². The van der Waals surface area contributed by atoms with E-state index in [1.807, 2.05) is 12.1 Å². The predicted octanol–water partition coefficient (Wildman–Crippen LogP) is 3.58. The molecule has 0 atom stereocenters. The third-order valence-electron chi connectivity index (χ3n) is 3.91. The van der Waals surface area contributed by atoms with Crippen LogP contribution in [-0.4, -0.2) is 19.5 Å². The first-order valence-electron chi connectivity index (χ1n) is 6.68. The van der Waals surface area contributed by atoms with Gasteiger partial charge in [-0.1, -0.05) is 25.0 Å². The van der Waals surface area contributed by atoms with Crippen molar-refractivity contribution in [3.63, 3.8) is 0 Å². The molecule has 1 aliphatic rings. The minimum atomic E-state index is 0.334. The number of ether oxygens (including phenoxy) is 1. The Morgan fingerprint density at radius 1 is 1.33 bits per heavy atom. The lowest BCUT2D eigenvalue weighted by Gasteiger charge is -2.26. The maximum Gasteiger partial charge on any atom is 0.119 e. The zero-order valence-corrected chi connectivity index (χ0v) is 11.8. The van der Waals surface area contributed by atoms with E-state index in [1.54, 1.807) is 7.11 Å². The molecule has 0 bridgehead atoms. The molecule has 1 fully saturated rings. The average molecular weight is 268 g/mol. The number of benzene rings is 1. The van der Waals surface area contributed by atoms with Crippen LogP contribution in [0.2, 0.25) is 0 Å². The molecule has 0 saturated heterocycles. The van der Waals surface area contributed by atoms with Crippen molar-refractivity contribution >= 4 is 11.6 Å². The quantitative estimate of drug-likeness (QED) is 0.796. The maximum absolute atomic E-state index is 6.13. The summed E-state index contributed by atoms with van der Waals surface area (Å²) in [5.74, 6) is 1.69. The fourth-order valence-electron chi connectivity index (χ4n) is 2.74. The molecule has 0 heterocycles. The molecule has 0 spiro atoms. The van der Waals surface area contributed by atoms with Crippen LogP contribution in [0.5, 0.6) is 5.75 Å². The molecule has 1 aliphatic carbocycles. The van der Waals surface area contributed by atoms with Crippen LogP contribution in [0.4, 0.5) is 0 Å². The molecule has 1 aromatic rings. The summed E-state index contributed by atoms with van der Waals surface area (Å²) in [6.45, 7) is 1.91. The Morgan fingerprint density at radius 3 is 2.78 bits per heavy atom. The van der Waals surface area contributed by atoms with E-state index in [0.717, 1.165) is 24.7 Å². The Kier molecular flexibility index (Phi) is 4.90. The summed E-state index contributed by atoms with van der Waals surface area (Å²) in [7, 11) is 1.70. The van der Waals surface area contributed by atoms with Gasteiger partial charge in [-0.15, -0.1) is 11.6 Å². The number of methoxy groups -OCH3 is 1. The van der Waals surface area contributed by atoms with Crippen molar-refractivity contribution in [1.82, 2.24) is 5.32 Å². The predicted molar refractivity (Wildman–Crippen MR) is 76.3 cm³/mol. The van der Waals surface area contributed by atoms with Gasteiger partial charge >= 0.3 is 0 Å². The molecule has 1 aromatic carbocycles. The molecule has 100 valence electrons. The van der Waals surface area contributed by atoms with Gasteiger partial charge in [0.25, 0.3) is 0 Å². The number of halogens is 1. The molecule has 0 aliphatic heterocycles. The molecule has 0 aromatic heterocycles. The smallest absolute Gasteiger partial charge is 0.119 e. The first-order chi connectivity index (χ1) is 8.78. The summed E-state index contributed by atoms with van der Waals surface area (Å²) >= 11 is 6.13. The van der Waals surface area contributed by atoms with Gasteiger partial charge in [-0.25, -0.2) is 0 Å². The molecule has 2 nitrogen and oxygen atoms in total. The lowest BCUT2D eigenvalue weighted by Crippen LogP contribution is -2.33. The van der Waals surface area contributed by atoms with Crippen molar-refractivity contribution < 1.29 is 4.74 Å². The van der Waals surface area contributed by atoms with Crippen LogP contribution in [0.15, 0.2) is 24.3 Å². The van der Waals surface area contributed by atoms with Gasteiger partial charge in [0.15, 0.2) is 0 Å². The SMILES string of the molecule is COc1cccc(CNCC2(CCl)CCCC2)c1. The molecule has 1 N–H and O–H groups in total. The Morgan fingerprint density at radius 2 is 2.11 bits per heavy atom. The Hall–Kier alpha value is -0.730. The monoisotopic (exact) mass is 267 g/mol. The van der Waals surface area contributed by atoms with Crippen molar-refractivity contribution in [3.05, 3.63) is 29.8 Å². The first-order valence-corrected chi connectivity index (χ1v) is 7.21. The highest BCUT2D eigenvalue weighted by molar-refractivity contribution is 6.18. The van der Waals surface area contributed by atoms with Gasteiger partial charge in [0.1, 0.15) is 5.75 Å².